The Morgan fingerprint density at radius 3 is 2.15 bits per heavy atom. The largest absolute Gasteiger partial charge is 0.383 e. The average Bonchev–Trinajstić information content (AvgIpc) is 2.76. The number of piperazine rings is 1. The van der Waals surface area contributed by atoms with Crippen LogP contribution in [0.1, 0.15) is 58.4 Å². The molecule has 3 fully saturated rings. The highest BCUT2D eigenvalue weighted by Crippen LogP contribution is 2.53. The van der Waals surface area contributed by atoms with E-state index >= 15 is 0 Å². The molecule has 2 aliphatic heterocycles. The number of rotatable bonds is 6. The lowest BCUT2D eigenvalue weighted by atomic mass is 9.60. The van der Waals surface area contributed by atoms with E-state index in [9.17, 15) is 0 Å². The number of nitrogens with zero attached hydrogens (tertiary/aromatic N) is 3. The summed E-state index contributed by atoms with van der Waals surface area (Å²) < 4.78 is 10.9. The van der Waals surface area contributed by atoms with Gasteiger partial charge in [0.2, 0.25) is 0 Å². The van der Waals surface area contributed by atoms with Crippen molar-refractivity contribution in [3.63, 3.8) is 0 Å². The molecule has 2 heterocycles. The molecule has 0 atom stereocenters. The van der Waals surface area contributed by atoms with Crippen molar-refractivity contribution in [1.29, 1.82) is 0 Å². The molecule has 3 aliphatic rings. The molecule has 0 amide bonds. The van der Waals surface area contributed by atoms with Crippen LogP contribution < -0.4 is 9.80 Å². The lowest BCUT2D eigenvalue weighted by molar-refractivity contribution is 0.0969. The van der Waals surface area contributed by atoms with Gasteiger partial charge < -0.3 is 19.3 Å². The molecule has 5 nitrogen and oxygen atoms in total. The maximum absolute atomic E-state index is 5.62. The van der Waals surface area contributed by atoms with E-state index in [0.29, 0.717) is 16.7 Å². The number of hydrogen-bond acceptors (Lipinski definition) is 5. The Labute approximate surface area is 208 Å². The van der Waals surface area contributed by atoms with Gasteiger partial charge in [-0.25, -0.2) is 0 Å². The van der Waals surface area contributed by atoms with Crippen LogP contribution in [0.25, 0.3) is 0 Å². The van der Waals surface area contributed by atoms with Gasteiger partial charge in [0.15, 0.2) is 0 Å². The zero-order valence-corrected chi connectivity index (χ0v) is 22.4. The summed E-state index contributed by atoms with van der Waals surface area (Å²) >= 11 is 0. The molecular weight excluding hydrogens is 434 g/mol. The fourth-order valence-electron chi connectivity index (χ4n) is 6.67. The van der Waals surface area contributed by atoms with E-state index in [1.54, 1.807) is 12.7 Å². The molecule has 188 valence electrons. The zero-order chi connectivity index (χ0) is 22.8. The third-order valence-electron chi connectivity index (χ3n) is 7.71. The van der Waals surface area contributed by atoms with Gasteiger partial charge in [-0.15, -0.1) is 12.4 Å². The molecule has 33 heavy (non-hydrogen) atoms. The fraction of sp³-hybridized carbons (Fsp3) is 0.778. The Morgan fingerprint density at radius 1 is 0.909 bits per heavy atom. The number of hydrogen-bond donors (Lipinski definition) is 0. The van der Waals surface area contributed by atoms with Crippen LogP contribution in [-0.4, -0.2) is 77.6 Å². The highest BCUT2D eigenvalue weighted by Gasteiger charge is 2.40. The van der Waals surface area contributed by atoms with Crippen LogP contribution in [0.2, 0.25) is 0 Å². The van der Waals surface area contributed by atoms with Crippen LogP contribution >= 0.6 is 12.4 Å². The number of ether oxygens (including phenoxy) is 2. The standard InChI is InChI=1S/C27H45N3O2.ClH/c1-26(2)19-22(20-27(3,4)21-26)24-18-23(29-13-16-32-17-14-29)6-7-25(24)30-10-8-28(9-11-30)12-15-31-5;/h6-7,18,22H,8-17,19-21H2,1-5H3;1H. The fourth-order valence-corrected chi connectivity index (χ4v) is 6.67. The predicted molar refractivity (Wildman–Crippen MR) is 141 cm³/mol. The molecule has 0 spiro atoms. The Kier molecular flexibility index (Phi) is 8.99. The van der Waals surface area contributed by atoms with Gasteiger partial charge in [-0.2, -0.15) is 0 Å². The van der Waals surface area contributed by atoms with Crippen molar-refractivity contribution in [2.24, 2.45) is 10.8 Å². The number of morpholine rings is 1. The summed E-state index contributed by atoms with van der Waals surface area (Å²) in [6.07, 6.45) is 3.88. The van der Waals surface area contributed by atoms with Crippen molar-refractivity contribution < 1.29 is 9.47 Å². The van der Waals surface area contributed by atoms with E-state index in [2.05, 4.69) is 60.6 Å². The van der Waals surface area contributed by atoms with Crippen LogP contribution in [0.3, 0.4) is 0 Å². The number of anilines is 2. The van der Waals surface area contributed by atoms with Crippen LogP contribution in [0, 0.1) is 10.8 Å². The summed E-state index contributed by atoms with van der Waals surface area (Å²) in [5.41, 5.74) is 5.22. The second-order valence-corrected chi connectivity index (χ2v) is 11.8. The van der Waals surface area contributed by atoms with E-state index in [4.69, 9.17) is 9.47 Å². The van der Waals surface area contributed by atoms with E-state index in [1.165, 1.54) is 30.6 Å². The molecule has 2 saturated heterocycles. The van der Waals surface area contributed by atoms with Crippen LogP contribution in [0.5, 0.6) is 0 Å². The molecule has 0 unspecified atom stereocenters. The van der Waals surface area contributed by atoms with Crippen molar-refractivity contribution in [2.45, 2.75) is 52.9 Å². The number of benzene rings is 1. The molecule has 0 N–H and O–H groups in total. The number of halogens is 1. The molecule has 1 aliphatic carbocycles. The third kappa shape index (κ3) is 6.78. The van der Waals surface area contributed by atoms with Gasteiger partial charge in [0.05, 0.1) is 19.8 Å². The molecule has 1 aromatic carbocycles. The molecule has 0 radical (unpaired) electrons. The van der Waals surface area contributed by atoms with Crippen molar-refractivity contribution in [3.05, 3.63) is 23.8 Å². The Hall–Kier alpha value is -1.01. The SMILES string of the molecule is COCCN1CCN(c2ccc(N3CCOCC3)cc2C2CC(C)(C)CC(C)(C)C2)CC1.Cl. The molecule has 1 saturated carbocycles. The highest BCUT2D eigenvalue weighted by atomic mass is 35.5. The van der Waals surface area contributed by atoms with Crippen molar-refractivity contribution in [2.75, 3.05) is 82.5 Å². The zero-order valence-electron chi connectivity index (χ0n) is 21.6. The van der Waals surface area contributed by atoms with Gasteiger partial charge >= 0.3 is 0 Å². The summed E-state index contributed by atoms with van der Waals surface area (Å²) in [5.74, 6) is 0.622. The second-order valence-electron chi connectivity index (χ2n) is 11.8. The van der Waals surface area contributed by atoms with E-state index in [-0.39, 0.29) is 12.4 Å². The summed E-state index contributed by atoms with van der Waals surface area (Å²) in [5, 5.41) is 0. The molecule has 6 heteroatoms. The lowest BCUT2D eigenvalue weighted by Gasteiger charge is -2.46. The highest BCUT2D eigenvalue weighted by molar-refractivity contribution is 5.85. The summed E-state index contributed by atoms with van der Waals surface area (Å²) in [4.78, 5) is 7.70. The lowest BCUT2D eigenvalue weighted by Crippen LogP contribution is -2.47. The molecule has 4 rings (SSSR count). The average molecular weight is 480 g/mol. The van der Waals surface area contributed by atoms with Crippen molar-refractivity contribution >= 4 is 23.8 Å². The predicted octanol–water partition coefficient (Wildman–Crippen LogP) is 5.03. The van der Waals surface area contributed by atoms with Crippen LogP contribution in [-0.2, 0) is 9.47 Å². The first-order valence-electron chi connectivity index (χ1n) is 12.7. The maximum atomic E-state index is 5.62. The van der Waals surface area contributed by atoms with Gasteiger partial charge in [0.25, 0.3) is 0 Å². The summed E-state index contributed by atoms with van der Waals surface area (Å²) in [6, 6.07) is 7.33. The smallest absolute Gasteiger partial charge is 0.0642 e. The Morgan fingerprint density at radius 2 is 1.55 bits per heavy atom. The van der Waals surface area contributed by atoms with Crippen LogP contribution in [0.15, 0.2) is 18.2 Å². The summed E-state index contributed by atoms with van der Waals surface area (Å²) in [7, 11) is 1.80. The minimum Gasteiger partial charge on any atom is -0.383 e. The van der Waals surface area contributed by atoms with E-state index < -0.39 is 0 Å². The van der Waals surface area contributed by atoms with E-state index in [1.807, 2.05) is 0 Å². The first kappa shape index (κ1) is 26.6. The monoisotopic (exact) mass is 479 g/mol. The quantitative estimate of drug-likeness (QED) is 0.570. The van der Waals surface area contributed by atoms with Gasteiger partial charge in [-0.05, 0) is 59.8 Å². The first-order chi connectivity index (χ1) is 15.3. The summed E-state index contributed by atoms with van der Waals surface area (Å²) in [6.45, 7) is 19.9. The van der Waals surface area contributed by atoms with Gasteiger partial charge in [-0.1, -0.05) is 27.7 Å². The number of methoxy groups -OCH3 is 1. The molecule has 0 bridgehead atoms. The molecule has 1 aromatic rings. The van der Waals surface area contributed by atoms with Gasteiger partial charge in [0.1, 0.15) is 0 Å². The van der Waals surface area contributed by atoms with Gasteiger partial charge in [-0.3, -0.25) is 4.90 Å². The normalized spacial score (nSPS) is 23.9. The minimum absolute atomic E-state index is 0. The van der Waals surface area contributed by atoms with Crippen molar-refractivity contribution in [3.8, 4) is 0 Å². The second kappa shape index (κ2) is 11.2. The molecule has 0 aromatic heterocycles. The van der Waals surface area contributed by atoms with E-state index in [0.717, 1.165) is 65.6 Å². The third-order valence-corrected chi connectivity index (χ3v) is 7.71. The van der Waals surface area contributed by atoms with Crippen molar-refractivity contribution in [1.82, 2.24) is 4.90 Å². The van der Waals surface area contributed by atoms with Crippen LogP contribution in [0.4, 0.5) is 11.4 Å². The Bertz CT molecular complexity index is 740. The maximum Gasteiger partial charge on any atom is 0.0642 e. The topological polar surface area (TPSA) is 28.2 Å². The molecular formula is C27H46ClN3O2. The minimum atomic E-state index is 0. The van der Waals surface area contributed by atoms with Gasteiger partial charge in [0, 0.05) is 64.3 Å². The Balaban J connectivity index is 0.00000306. The first-order valence-corrected chi connectivity index (χ1v) is 12.7.